The van der Waals surface area contributed by atoms with E-state index in [0.29, 0.717) is 0 Å². The number of fused-ring (bicyclic) bond motifs is 10. The lowest BCUT2D eigenvalue weighted by Crippen LogP contribution is -2.27. The Labute approximate surface area is 463 Å². The summed E-state index contributed by atoms with van der Waals surface area (Å²) in [4.78, 5) is 4.81. The van der Waals surface area contributed by atoms with Gasteiger partial charge in [0.2, 0.25) is 0 Å². The van der Waals surface area contributed by atoms with Gasteiger partial charge in [0.15, 0.2) is 0 Å². The van der Waals surface area contributed by atoms with Gasteiger partial charge in [-0.15, -0.1) is 0 Å². The first-order valence-corrected chi connectivity index (χ1v) is 27.2. The van der Waals surface area contributed by atoms with Crippen LogP contribution in [0.5, 0.6) is 0 Å². The van der Waals surface area contributed by atoms with E-state index >= 15 is 0 Å². The van der Waals surface area contributed by atoms with E-state index in [2.05, 4.69) is 337 Å². The maximum atomic E-state index is 2.51. The quantitative estimate of drug-likeness (QED) is 0.113. The molecule has 79 heavy (non-hydrogen) atoms. The molecule has 0 saturated heterocycles. The van der Waals surface area contributed by atoms with Crippen LogP contribution in [0.25, 0.3) is 68.8 Å². The van der Waals surface area contributed by atoms with Crippen molar-refractivity contribution in [1.29, 1.82) is 0 Å². The van der Waals surface area contributed by atoms with Crippen LogP contribution in [0.15, 0.2) is 303 Å². The topological polar surface area (TPSA) is 6.48 Å². The summed E-state index contributed by atoms with van der Waals surface area (Å²) in [7, 11) is 0. The highest BCUT2D eigenvalue weighted by Gasteiger charge is 2.52. The van der Waals surface area contributed by atoms with Crippen LogP contribution >= 0.6 is 0 Å². The normalized spacial score (nSPS) is 12.6. The molecule has 2 heteroatoms. The van der Waals surface area contributed by atoms with E-state index in [4.69, 9.17) is 0 Å². The van der Waals surface area contributed by atoms with Gasteiger partial charge in [-0.25, -0.2) is 0 Å². The monoisotopic (exact) mass is 1010 g/mol. The highest BCUT2D eigenvalue weighted by atomic mass is 15.1. The zero-order chi connectivity index (χ0) is 52.5. The van der Waals surface area contributed by atoms with Crippen molar-refractivity contribution in [1.82, 2.24) is 0 Å². The summed E-state index contributed by atoms with van der Waals surface area (Å²) in [5.74, 6) is 0. The lowest BCUT2D eigenvalue weighted by atomic mass is 9.69. The molecule has 2 aliphatic rings. The Morgan fingerprint density at radius 3 is 0.772 bits per heavy atom. The minimum absolute atomic E-state index is 0.734. The van der Waals surface area contributed by atoms with Crippen molar-refractivity contribution >= 4 is 58.4 Å². The van der Waals surface area contributed by atoms with E-state index < -0.39 is 5.41 Å². The van der Waals surface area contributed by atoms with E-state index in [9.17, 15) is 0 Å². The number of nitrogens with zero attached hydrogens (tertiary/aromatic N) is 2. The lowest BCUT2D eigenvalue weighted by Gasteiger charge is -2.33. The second-order valence-corrected chi connectivity index (χ2v) is 20.5. The molecule has 2 aliphatic carbocycles. The first kappa shape index (κ1) is 47.2. The number of hydrogen-bond acceptors (Lipinski definition) is 2. The summed E-state index contributed by atoms with van der Waals surface area (Å²) >= 11 is 0. The molecule has 0 unspecified atom stereocenters. The van der Waals surface area contributed by atoms with Crippen LogP contribution in [-0.4, -0.2) is 0 Å². The van der Waals surface area contributed by atoms with Gasteiger partial charge in [-0.2, -0.15) is 0 Å². The van der Waals surface area contributed by atoms with Gasteiger partial charge in [-0.1, -0.05) is 243 Å². The van der Waals surface area contributed by atoms with Gasteiger partial charge in [-0.3, -0.25) is 0 Å². The van der Waals surface area contributed by atoms with Crippen LogP contribution in [0.2, 0.25) is 0 Å². The van der Waals surface area contributed by atoms with Crippen LogP contribution in [0.1, 0.15) is 44.5 Å². The molecule has 0 radical (unpaired) electrons. The summed E-state index contributed by atoms with van der Waals surface area (Å²) in [6, 6.07) is 111. The molecule has 0 atom stereocenters. The molecule has 0 aromatic heterocycles. The number of rotatable bonds is 12. The molecule has 0 N–H and O–H groups in total. The van der Waals surface area contributed by atoms with Gasteiger partial charge >= 0.3 is 0 Å². The minimum atomic E-state index is -0.734. The third-order valence-electron chi connectivity index (χ3n) is 15.8. The van der Waals surface area contributed by atoms with E-state index in [0.717, 1.165) is 45.3 Å². The maximum absolute atomic E-state index is 2.51. The summed E-state index contributed by atoms with van der Waals surface area (Å²) < 4.78 is 0. The summed E-state index contributed by atoms with van der Waals surface area (Å²) in [5, 5.41) is 0. The molecule has 0 amide bonds. The number of hydrogen-bond donors (Lipinski definition) is 0. The molecule has 0 fully saturated rings. The van der Waals surface area contributed by atoms with Crippen molar-refractivity contribution in [2.24, 2.45) is 0 Å². The predicted octanol–water partition coefficient (Wildman–Crippen LogP) is 20.6. The molecule has 372 valence electrons. The Morgan fingerprint density at radius 2 is 0.456 bits per heavy atom. The molecule has 12 aromatic carbocycles. The third-order valence-corrected chi connectivity index (χ3v) is 15.8. The highest BCUT2D eigenvalue weighted by Crippen LogP contribution is 2.65. The van der Waals surface area contributed by atoms with E-state index in [-0.39, 0.29) is 0 Å². The molecule has 0 aliphatic heterocycles. The molecule has 0 bridgehead atoms. The fourth-order valence-corrected chi connectivity index (χ4v) is 12.1. The second-order valence-electron chi connectivity index (χ2n) is 20.5. The highest BCUT2D eigenvalue weighted by molar-refractivity contribution is 5.99. The minimum Gasteiger partial charge on any atom is -0.310 e. The van der Waals surface area contributed by atoms with Gasteiger partial charge in [-0.05, 0) is 174 Å². The lowest BCUT2D eigenvalue weighted by molar-refractivity contribution is 0.794. The van der Waals surface area contributed by atoms with Gasteiger partial charge in [0, 0.05) is 34.1 Å². The van der Waals surface area contributed by atoms with Crippen molar-refractivity contribution in [2.45, 2.75) is 5.41 Å². The fourth-order valence-electron chi connectivity index (χ4n) is 12.1. The van der Waals surface area contributed by atoms with Crippen LogP contribution in [0, 0.1) is 0 Å². The second kappa shape index (κ2) is 20.3. The smallest absolute Gasteiger partial charge is 0.0727 e. The SMILES string of the molecule is C(=Cc1ccc(-c2ccc3c(c2)C2(c4cc(-c5ccc(/C=C/c6ccccc6)cc5)ccc4-3)c3cc(N(c4ccccc4)c4ccccc4)ccc3-c3ccc(N(c4ccccc4)c4ccccc4)cc32)cc1)c1ccccc1. The molecule has 12 aromatic rings. The average molecular weight is 1010 g/mol. The van der Waals surface area contributed by atoms with Crippen LogP contribution in [0.3, 0.4) is 0 Å². The van der Waals surface area contributed by atoms with Crippen molar-refractivity contribution < 1.29 is 0 Å². The predicted molar refractivity (Wildman–Crippen MR) is 334 cm³/mol. The van der Waals surface area contributed by atoms with E-state index in [1.54, 1.807) is 0 Å². The Hall–Kier alpha value is -10.3. The van der Waals surface area contributed by atoms with Crippen LogP contribution in [0.4, 0.5) is 34.1 Å². The van der Waals surface area contributed by atoms with Crippen LogP contribution < -0.4 is 9.80 Å². The van der Waals surface area contributed by atoms with E-state index in [1.807, 2.05) is 0 Å². The van der Waals surface area contributed by atoms with Gasteiger partial charge in [0.25, 0.3) is 0 Å². The Morgan fingerprint density at radius 1 is 0.203 bits per heavy atom. The van der Waals surface area contributed by atoms with Gasteiger partial charge < -0.3 is 9.80 Å². The molecular weight excluding hydrogens is 953 g/mol. The van der Waals surface area contributed by atoms with Crippen molar-refractivity contribution in [3.63, 3.8) is 0 Å². The first-order valence-electron chi connectivity index (χ1n) is 27.2. The fraction of sp³-hybridized carbons (Fsp3) is 0.0130. The third kappa shape index (κ3) is 8.67. The number of para-hydroxylation sites is 4. The zero-order valence-corrected chi connectivity index (χ0v) is 43.6. The average Bonchev–Trinajstić information content (AvgIpc) is 2.71. The molecule has 0 saturated carbocycles. The summed E-state index contributed by atoms with van der Waals surface area (Å²) in [5.41, 5.74) is 25.3. The molecule has 0 heterocycles. The van der Waals surface area contributed by atoms with Crippen LogP contribution in [-0.2, 0) is 5.41 Å². The van der Waals surface area contributed by atoms with Crippen molar-refractivity contribution in [3.8, 4) is 44.5 Å². The zero-order valence-electron chi connectivity index (χ0n) is 43.6. The maximum Gasteiger partial charge on any atom is 0.0727 e. The molecule has 2 nitrogen and oxygen atoms in total. The molecule has 14 rings (SSSR count). The summed E-state index contributed by atoms with van der Waals surface area (Å²) in [6.45, 7) is 0. The largest absolute Gasteiger partial charge is 0.310 e. The number of benzene rings is 12. The standard InChI is InChI=1S/C77H54N2/c1-7-19-55(20-8-1)31-33-57-35-39-59(40-36-57)61-43-47-69-70-48-44-62(60-41-37-58(38-42-60)34-32-56-21-9-2-10-22-56)52-74(70)77(73(69)51-61)75-53-67(78(63-23-11-3-12-24-63)64-25-13-4-14-26-64)45-49-71(75)72-50-46-68(54-76(72)77)79(65-27-15-5-16-28-65)66-29-17-6-18-30-66/h1-54H/b33-31+,34-32?. The molecular formula is C77H54N2. The molecule has 1 spiro atoms. The summed E-state index contributed by atoms with van der Waals surface area (Å²) in [6.07, 6.45) is 8.76. The Kier molecular flexibility index (Phi) is 12.2. The van der Waals surface area contributed by atoms with Gasteiger partial charge in [0.1, 0.15) is 0 Å². The van der Waals surface area contributed by atoms with Crippen molar-refractivity contribution in [3.05, 3.63) is 348 Å². The first-order chi connectivity index (χ1) is 39.2. The Bertz CT molecular complexity index is 3830. The Balaban J connectivity index is 1.01. The number of anilines is 6. The van der Waals surface area contributed by atoms with Gasteiger partial charge in [0.05, 0.1) is 5.41 Å². The van der Waals surface area contributed by atoms with Crippen molar-refractivity contribution in [2.75, 3.05) is 9.80 Å². The van der Waals surface area contributed by atoms with E-state index in [1.165, 1.54) is 77.9 Å².